The van der Waals surface area contributed by atoms with Gasteiger partial charge in [-0.2, -0.15) is 0 Å². The van der Waals surface area contributed by atoms with Gasteiger partial charge in [-0.05, 0) is 67.1 Å². The standard InChI is InChI=1S/C29H33N5O4/c1-3-37-27(35)18-34(29(36)22-7-5-20-4-6-21(28(31)32)16-23(20)17-22)24-8-10-25(11-9-24)38-26-12-14-33(15-13-26)19(2)30/h4-11,16-17,26,30H,3,12-15,18H2,1-2H3,(H3,31,32). The highest BCUT2D eigenvalue weighted by atomic mass is 16.5. The van der Waals surface area contributed by atoms with Crippen molar-refractivity contribution in [3.63, 3.8) is 0 Å². The molecule has 9 heteroatoms. The van der Waals surface area contributed by atoms with Crippen molar-refractivity contribution < 1.29 is 19.1 Å². The smallest absolute Gasteiger partial charge is 0.326 e. The highest BCUT2D eigenvalue weighted by Gasteiger charge is 2.23. The molecule has 1 amide bonds. The predicted octanol–water partition coefficient (Wildman–Crippen LogP) is 4.17. The Hall–Kier alpha value is -4.40. The minimum Gasteiger partial charge on any atom is -0.490 e. The molecule has 0 atom stereocenters. The van der Waals surface area contributed by atoms with Crippen molar-refractivity contribution in [3.05, 3.63) is 71.8 Å². The molecule has 4 N–H and O–H groups in total. The monoisotopic (exact) mass is 515 g/mol. The summed E-state index contributed by atoms with van der Waals surface area (Å²) in [6, 6.07) is 17.8. The summed E-state index contributed by atoms with van der Waals surface area (Å²) in [6.45, 7) is 5.08. The molecule has 1 saturated heterocycles. The maximum absolute atomic E-state index is 13.6. The third kappa shape index (κ3) is 6.29. The number of ether oxygens (including phenoxy) is 2. The average Bonchev–Trinajstić information content (AvgIpc) is 2.91. The number of piperidine rings is 1. The number of nitrogens with two attached hydrogens (primary N) is 1. The Morgan fingerprint density at radius 2 is 1.61 bits per heavy atom. The van der Waals surface area contributed by atoms with Gasteiger partial charge in [-0.15, -0.1) is 0 Å². The van der Waals surface area contributed by atoms with Gasteiger partial charge >= 0.3 is 5.97 Å². The molecule has 4 rings (SSSR count). The van der Waals surface area contributed by atoms with Crippen LogP contribution in [0, 0.1) is 10.8 Å². The van der Waals surface area contributed by atoms with Crippen LogP contribution in [0.3, 0.4) is 0 Å². The highest BCUT2D eigenvalue weighted by Crippen LogP contribution is 2.26. The van der Waals surface area contributed by atoms with Crippen LogP contribution in [0.25, 0.3) is 10.8 Å². The van der Waals surface area contributed by atoms with Crippen molar-refractivity contribution in [1.82, 2.24) is 4.90 Å². The van der Waals surface area contributed by atoms with Crippen molar-refractivity contribution in [2.75, 3.05) is 31.1 Å². The van der Waals surface area contributed by atoms with Crippen molar-refractivity contribution in [2.24, 2.45) is 5.73 Å². The summed E-state index contributed by atoms with van der Waals surface area (Å²) in [5.41, 5.74) is 7.15. The molecular formula is C29H33N5O4. The van der Waals surface area contributed by atoms with Gasteiger partial charge in [0, 0.05) is 42.7 Å². The van der Waals surface area contributed by atoms with Gasteiger partial charge in [-0.3, -0.25) is 25.3 Å². The minimum atomic E-state index is -0.505. The highest BCUT2D eigenvalue weighted by molar-refractivity contribution is 6.10. The topological polar surface area (TPSA) is 133 Å². The van der Waals surface area contributed by atoms with E-state index in [4.69, 9.17) is 26.0 Å². The number of hydrogen-bond acceptors (Lipinski definition) is 6. The largest absolute Gasteiger partial charge is 0.490 e. The molecule has 0 spiro atoms. The fraction of sp³-hybridized carbons (Fsp3) is 0.310. The summed E-state index contributed by atoms with van der Waals surface area (Å²) in [4.78, 5) is 29.5. The Kier molecular flexibility index (Phi) is 8.25. The maximum atomic E-state index is 13.6. The summed E-state index contributed by atoms with van der Waals surface area (Å²) in [5.74, 6) is 0.352. The number of fused-ring (bicyclic) bond motifs is 1. The number of hydrogen-bond donors (Lipinski definition) is 3. The molecule has 0 saturated carbocycles. The normalized spacial score (nSPS) is 13.7. The number of rotatable bonds is 8. The molecule has 3 aromatic carbocycles. The van der Waals surface area contributed by atoms with Gasteiger partial charge in [0.15, 0.2) is 0 Å². The summed E-state index contributed by atoms with van der Waals surface area (Å²) < 4.78 is 11.3. The van der Waals surface area contributed by atoms with Crippen LogP contribution in [0.4, 0.5) is 5.69 Å². The molecule has 1 fully saturated rings. The van der Waals surface area contributed by atoms with Gasteiger partial charge in [0.05, 0.1) is 12.4 Å². The van der Waals surface area contributed by atoms with Gasteiger partial charge in [-0.25, -0.2) is 0 Å². The first-order valence-electron chi connectivity index (χ1n) is 12.7. The SMILES string of the molecule is CCOC(=O)CN(C(=O)c1ccc2ccc(C(=N)N)cc2c1)c1ccc(OC2CCN(C(C)=N)CC2)cc1. The Balaban J connectivity index is 1.55. The first-order chi connectivity index (χ1) is 18.2. The summed E-state index contributed by atoms with van der Waals surface area (Å²) >= 11 is 0. The number of nitrogens with one attached hydrogen (secondary N) is 2. The van der Waals surface area contributed by atoms with E-state index < -0.39 is 5.97 Å². The molecule has 198 valence electrons. The molecule has 0 radical (unpaired) electrons. The van der Waals surface area contributed by atoms with Crippen molar-refractivity contribution in [2.45, 2.75) is 32.8 Å². The minimum absolute atomic E-state index is 0.0507. The molecule has 9 nitrogen and oxygen atoms in total. The Bertz CT molecular complexity index is 1350. The van der Waals surface area contributed by atoms with Crippen LogP contribution in [-0.4, -0.2) is 60.8 Å². The zero-order chi connectivity index (χ0) is 27.2. The van der Waals surface area contributed by atoms with Crippen LogP contribution < -0.4 is 15.4 Å². The third-order valence-corrected chi connectivity index (χ3v) is 6.60. The van der Waals surface area contributed by atoms with E-state index in [-0.39, 0.29) is 31.0 Å². The second-order valence-electron chi connectivity index (χ2n) is 9.27. The fourth-order valence-electron chi connectivity index (χ4n) is 4.53. The molecule has 0 aliphatic carbocycles. The zero-order valence-corrected chi connectivity index (χ0v) is 21.7. The number of amidine groups is 2. The lowest BCUT2D eigenvalue weighted by Crippen LogP contribution is -2.40. The number of amides is 1. The number of carbonyl (C=O) groups excluding carboxylic acids is 2. The first kappa shape index (κ1) is 26.7. The molecule has 0 unspecified atom stereocenters. The van der Waals surface area contributed by atoms with Crippen LogP contribution in [-0.2, 0) is 9.53 Å². The van der Waals surface area contributed by atoms with Gasteiger partial charge in [0.1, 0.15) is 24.2 Å². The third-order valence-electron chi connectivity index (χ3n) is 6.60. The van der Waals surface area contributed by atoms with Gasteiger partial charge in [-0.1, -0.05) is 18.2 Å². The molecule has 0 aromatic heterocycles. The van der Waals surface area contributed by atoms with E-state index in [1.807, 2.05) is 17.0 Å². The second-order valence-corrected chi connectivity index (χ2v) is 9.27. The van der Waals surface area contributed by atoms with Crippen molar-refractivity contribution >= 4 is 40.0 Å². The van der Waals surface area contributed by atoms with E-state index in [1.165, 1.54) is 4.90 Å². The van der Waals surface area contributed by atoms with Crippen LogP contribution in [0.2, 0.25) is 0 Å². The first-order valence-corrected chi connectivity index (χ1v) is 12.7. The fourth-order valence-corrected chi connectivity index (χ4v) is 4.53. The van der Waals surface area contributed by atoms with Crippen molar-refractivity contribution in [3.8, 4) is 5.75 Å². The Morgan fingerprint density at radius 3 is 2.21 bits per heavy atom. The number of benzene rings is 3. The number of nitrogen functional groups attached to an aromatic ring is 1. The van der Waals surface area contributed by atoms with E-state index in [2.05, 4.69) is 0 Å². The number of nitrogens with zero attached hydrogens (tertiary/aromatic N) is 2. The van der Waals surface area contributed by atoms with Crippen LogP contribution >= 0.6 is 0 Å². The van der Waals surface area contributed by atoms with Crippen molar-refractivity contribution in [1.29, 1.82) is 10.8 Å². The van der Waals surface area contributed by atoms with E-state index in [9.17, 15) is 9.59 Å². The van der Waals surface area contributed by atoms with E-state index in [0.717, 1.165) is 36.7 Å². The lowest BCUT2D eigenvalue weighted by Gasteiger charge is -2.32. The second kappa shape index (κ2) is 11.8. The van der Waals surface area contributed by atoms with Gasteiger partial charge in [0.2, 0.25) is 0 Å². The number of anilines is 1. The number of carbonyl (C=O) groups is 2. The number of likely N-dealkylation sites (tertiary alicyclic amines) is 1. The van der Waals surface area contributed by atoms with Crippen LogP contribution in [0.1, 0.15) is 42.6 Å². The lowest BCUT2D eigenvalue weighted by atomic mass is 10.0. The molecule has 38 heavy (non-hydrogen) atoms. The zero-order valence-electron chi connectivity index (χ0n) is 21.7. The average molecular weight is 516 g/mol. The molecule has 1 aliphatic rings. The van der Waals surface area contributed by atoms with E-state index in [0.29, 0.717) is 28.4 Å². The Labute approximate surface area is 222 Å². The van der Waals surface area contributed by atoms with Gasteiger partial charge in [0.25, 0.3) is 5.91 Å². The van der Waals surface area contributed by atoms with E-state index in [1.54, 1.807) is 62.4 Å². The molecule has 1 aliphatic heterocycles. The predicted molar refractivity (Wildman–Crippen MR) is 148 cm³/mol. The molecule has 3 aromatic rings. The van der Waals surface area contributed by atoms with Crippen LogP contribution in [0.5, 0.6) is 5.75 Å². The van der Waals surface area contributed by atoms with Crippen LogP contribution in [0.15, 0.2) is 60.7 Å². The summed E-state index contributed by atoms with van der Waals surface area (Å²) in [7, 11) is 0. The maximum Gasteiger partial charge on any atom is 0.326 e. The molecular weight excluding hydrogens is 482 g/mol. The number of esters is 1. The van der Waals surface area contributed by atoms with E-state index >= 15 is 0 Å². The quantitative estimate of drug-likeness (QED) is 0.234. The molecule has 0 bridgehead atoms. The summed E-state index contributed by atoms with van der Waals surface area (Å²) in [5, 5.41) is 17.2. The lowest BCUT2D eigenvalue weighted by molar-refractivity contribution is -0.141. The molecule has 1 heterocycles. The Morgan fingerprint density at radius 1 is 0.974 bits per heavy atom. The summed E-state index contributed by atoms with van der Waals surface area (Å²) in [6.07, 6.45) is 1.73. The van der Waals surface area contributed by atoms with Gasteiger partial charge < -0.3 is 20.1 Å².